The van der Waals surface area contributed by atoms with Gasteiger partial charge in [-0.05, 0) is 44.4 Å². The van der Waals surface area contributed by atoms with E-state index >= 15 is 0 Å². The first-order valence-electron chi connectivity index (χ1n) is 8.57. The number of halogens is 2. The number of nitro groups is 1. The minimum atomic E-state index is -1.10. The van der Waals surface area contributed by atoms with E-state index in [4.69, 9.17) is 33.0 Å². The number of benzene rings is 1. The summed E-state index contributed by atoms with van der Waals surface area (Å²) in [4.78, 5) is 32.3. The normalized spacial score (nSPS) is 12.4. The van der Waals surface area contributed by atoms with E-state index < -0.39 is 17.4 Å². The molecule has 0 fully saturated rings. The van der Waals surface area contributed by atoms with E-state index in [1.807, 2.05) is 0 Å². The van der Waals surface area contributed by atoms with Crippen molar-refractivity contribution in [2.24, 2.45) is 0 Å². The summed E-state index contributed by atoms with van der Waals surface area (Å²) in [6.45, 7) is 2.98. The fourth-order valence-corrected chi connectivity index (χ4v) is 2.81. The molecule has 0 bridgehead atoms. The highest BCUT2D eigenvalue weighted by Crippen LogP contribution is 2.36. The predicted octanol–water partition coefficient (Wildman–Crippen LogP) is 3.85. The minimum absolute atomic E-state index is 0.0150. The van der Waals surface area contributed by atoms with Crippen LogP contribution in [0.1, 0.15) is 38.7 Å². The van der Waals surface area contributed by atoms with Crippen LogP contribution in [-0.2, 0) is 16.0 Å². The number of nitrogens with one attached hydrogen (secondary N) is 1. The number of carboxylic acids is 1. The van der Waals surface area contributed by atoms with Crippen molar-refractivity contribution in [3.63, 3.8) is 0 Å². The van der Waals surface area contributed by atoms with Gasteiger partial charge in [0.1, 0.15) is 17.3 Å². The maximum Gasteiger partial charge on any atom is 0.322 e. The van der Waals surface area contributed by atoms with Crippen LogP contribution >= 0.6 is 23.2 Å². The van der Waals surface area contributed by atoms with E-state index in [1.165, 1.54) is 6.08 Å². The van der Waals surface area contributed by atoms with E-state index in [2.05, 4.69) is 5.32 Å². The molecule has 8 nitrogen and oxygen atoms in total. The third-order valence-electron chi connectivity index (χ3n) is 3.85. The predicted molar refractivity (Wildman–Crippen MR) is 106 cm³/mol. The van der Waals surface area contributed by atoms with Crippen molar-refractivity contribution in [3.05, 3.63) is 49.6 Å². The molecule has 28 heavy (non-hydrogen) atoms. The second-order valence-corrected chi connectivity index (χ2v) is 6.81. The zero-order chi connectivity index (χ0) is 21.3. The highest BCUT2D eigenvalue weighted by molar-refractivity contribution is 6.43. The Labute approximate surface area is 172 Å². The van der Waals surface area contributed by atoms with E-state index in [0.717, 1.165) is 0 Å². The van der Waals surface area contributed by atoms with E-state index in [9.17, 15) is 19.7 Å². The summed E-state index contributed by atoms with van der Waals surface area (Å²) in [5.41, 5.74) is 0.535. The second-order valence-electron chi connectivity index (χ2n) is 6.06. The Morgan fingerprint density at radius 2 is 2.04 bits per heavy atom. The molecule has 0 aromatic heterocycles. The molecule has 1 amide bonds. The number of carboxylic acid groups (broad SMARTS) is 1. The number of hydrogen-bond acceptors (Lipinski definition) is 5. The maximum absolute atomic E-state index is 11.5. The van der Waals surface area contributed by atoms with Crippen molar-refractivity contribution < 1.29 is 24.4 Å². The number of hydrogen-bond donors (Lipinski definition) is 2. The smallest absolute Gasteiger partial charge is 0.322 e. The van der Waals surface area contributed by atoms with Gasteiger partial charge in [0.25, 0.3) is 0 Å². The van der Waals surface area contributed by atoms with Crippen LogP contribution in [0.4, 0.5) is 0 Å². The van der Waals surface area contributed by atoms with Gasteiger partial charge in [0, 0.05) is 6.42 Å². The molecule has 0 heterocycles. The number of carbonyl (C=O) groups excluding carboxylic acids is 1. The summed E-state index contributed by atoms with van der Waals surface area (Å²) in [5, 5.41) is 22.1. The van der Waals surface area contributed by atoms with Crippen LogP contribution in [-0.4, -0.2) is 34.6 Å². The molecule has 0 saturated carbocycles. The van der Waals surface area contributed by atoms with E-state index in [0.29, 0.717) is 24.2 Å². The average molecular weight is 433 g/mol. The highest BCUT2D eigenvalue weighted by atomic mass is 35.5. The van der Waals surface area contributed by atoms with Crippen LogP contribution in [0.3, 0.4) is 0 Å². The monoisotopic (exact) mass is 432 g/mol. The Morgan fingerprint density at radius 1 is 1.36 bits per heavy atom. The molecule has 0 radical (unpaired) electrons. The Bertz CT molecular complexity index is 767. The summed E-state index contributed by atoms with van der Waals surface area (Å²) in [5.74, 6) is -1.09. The molecule has 0 aliphatic heterocycles. The Kier molecular flexibility index (Phi) is 9.75. The Hall–Kier alpha value is -2.32. The van der Waals surface area contributed by atoms with E-state index in [-0.39, 0.29) is 40.6 Å². The zero-order valence-electron chi connectivity index (χ0n) is 15.5. The summed E-state index contributed by atoms with van der Waals surface area (Å²) in [6, 6.07) is 3.23. The first-order valence-corrected chi connectivity index (χ1v) is 9.32. The fraction of sp³-hybridized carbons (Fsp3) is 0.444. The largest absolute Gasteiger partial charge is 0.489 e. The highest BCUT2D eigenvalue weighted by Gasteiger charge is 2.18. The Balaban J connectivity index is 2.62. The van der Waals surface area contributed by atoms with Crippen LogP contribution in [0, 0.1) is 10.1 Å². The standard InChI is InChI=1S/C18H22Cl2N2O6/c1-3-13(22(26)27)9-12-7-8-14(18(20)17(12)19)28-11(2)5-4-6-15(23)21-10-16(24)25/h3,7-8,11H,4-6,9-10H2,1-2H3,(H,21,23)(H,24,25)/b13-3-. The van der Waals surface area contributed by atoms with Crippen LogP contribution in [0.5, 0.6) is 5.75 Å². The summed E-state index contributed by atoms with van der Waals surface area (Å²) in [6.07, 6.45) is 2.41. The molecule has 1 atom stereocenters. The van der Waals surface area contributed by atoms with Crippen molar-refractivity contribution in [1.82, 2.24) is 5.32 Å². The molecule has 10 heteroatoms. The van der Waals surface area contributed by atoms with Gasteiger partial charge in [-0.1, -0.05) is 29.3 Å². The van der Waals surface area contributed by atoms with Crippen molar-refractivity contribution in [1.29, 1.82) is 0 Å². The van der Waals surface area contributed by atoms with Crippen molar-refractivity contribution >= 4 is 35.1 Å². The van der Waals surface area contributed by atoms with Gasteiger partial charge in [0.15, 0.2) is 0 Å². The van der Waals surface area contributed by atoms with Gasteiger partial charge in [-0.3, -0.25) is 19.7 Å². The fourth-order valence-electron chi connectivity index (χ4n) is 2.35. The molecule has 154 valence electrons. The molecular weight excluding hydrogens is 411 g/mol. The summed E-state index contributed by atoms with van der Waals surface area (Å²) < 4.78 is 5.75. The lowest BCUT2D eigenvalue weighted by atomic mass is 10.1. The minimum Gasteiger partial charge on any atom is -0.489 e. The van der Waals surface area contributed by atoms with Gasteiger partial charge in [-0.2, -0.15) is 0 Å². The van der Waals surface area contributed by atoms with Gasteiger partial charge >= 0.3 is 5.97 Å². The lowest BCUT2D eigenvalue weighted by Gasteiger charge is -2.17. The summed E-state index contributed by atoms with van der Waals surface area (Å²) >= 11 is 12.5. The maximum atomic E-state index is 11.5. The van der Waals surface area contributed by atoms with Crippen LogP contribution in [0.2, 0.25) is 10.0 Å². The van der Waals surface area contributed by atoms with Crippen LogP contribution < -0.4 is 10.1 Å². The molecule has 1 aromatic carbocycles. The lowest BCUT2D eigenvalue weighted by Crippen LogP contribution is -2.29. The van der Waals surface area contributed by atoms with Crippen LogP contribution in [0.15, 0.2) is 23.9 Å². The number of carbonyl (C=O) groups is 2. The second kappa shape index (κ2) is 11.5. The van der Waals surface area contributed by atoms with Crippen molar-refractivity contribution in [2.45, 2.75) is 45.6 Å². The van der Waals surface area contributed by atoms with Gasteiger partial charge < -0.3 is 15.2 Å². The molecule has 1 aromatic rings. The van der Waals surface area contributed by atoms with Crippen LogP contribution in [0.25, 0.3) is 0 Å². The van der Waals surface area contributed by atoms with Gasteiger partial charge in [0.05, 0.1) is 22.5 Å². The third kappa shape index (κ3) is 7.74. The lowest BCUT2D eigenvalue weighted by molar-refractivity contribution is -0.427. The number of ether oxygens (including phenoxy) is 1. The first-order chi connectivity index (χ1) is 13.1. The van der Waals surface area contributed by atoms with Gasteiger partial charge in [0.2, 0.25) is 11.6 Å². The topological polar surface area (TPSA) is 119 Å². The molecule has 0 spiro atoms. The van der Waals surface area contributed by atoms with Crippen molar-refractivity contribution in [2.75, 3.05) is 6.54 Å². The molecule has 0 saturated heterocycles. The molecule has 0 aliphatic rings. The van der Waals surface area contributed by atoms with E-state index in [1.54, 1.807) is 26.0 Å². The number of rotatable bonds is 11. The summed E-state index contributed by atoms with van der Waals surface area (Å²) in [7, 11) is 0. The number of aliphatic carboxylic acids is 1. The van der Waals surface area contributed by atoms with Gasteiger partial charge in [-0.25, -0.2) is 0 Å². The molecule has 0 aliphatic carbocycles. The van der Waals surface area contributed by atoms with Gasteiger partial charge in [-0.15, -0.1) is 0 Å². The Morgan fingerprint density at radius 3 is 2.61 bits per heavy atom. The molecule has 1 unspecified atom stereocenters. The van der Waals surface area contributed by atoms with Crippen molar-refractivity contribution in [3.8, 4) is 5.75 Å². The number of nitrogens with zero attached hydrogens (tertiary/aromatic N) is 1. The molecular formula is C18H22Cl2N2O6. The zero-order valence-corrected chi connectivity index (χ0v) is 17.0. The number of allylic oxidation sites excluding steroid dienone is 2. The molecule has 2 N–H and O–H groups in total. The first kappa shape index (κ1) is 23.7. The quantitative estimate of drug-likeness (QED) is 0.404. The number of amides is 1. The molecule has 1 rings (SSSR count). The average Bonchev–Trinajstić information content (AvgIpc) is 2.63. The SMILES string of the molecule is C/C=C(/Cc1ccc(OC(C)CCCC(=O)NCC(=O)O)c(Cl)c1Cl)[N+](=O)[O-]. The third-order valence-corrected chi connectivity index (χ3v) is 4.75.